The molecule has 4 heteroatoms. The molecule has 1 aromatic heterocycles. The monoisotopic (exact) mass is 257 g/mol. The van der Waals surface area contributed by atoms with Crippen molar-refractivity contribution in [3.8, 4) is 0 Å². The van der Waals surface area contributed by atoms with Crippen LogP contribution in [0.4, 0.5) is 11.5 Å². The van der Waals surface area contributed by atoms with Gasteiger partial charge in [0, 0.05) is 12.7 Å². The van der Waals surface area contributed by atoms with Gasteiger partial charge < -0.3 is 10.6 Å². The summed E-state index contributed by atoms with van der Waals surface area (Å²) in [6, 6.07) is 13.9. The second kappa shape index (κ2) is 5.14. The van der Waals surface area contributed by atoms with Gasteiger partial charge in [-0.25, -0.2) is 4.98 Å². The predicted molar refractivity (Wildman–Crippen MR) is 79.4 cm³/mol. The molecule has 1 heterocycles. The van der Waals surface area contributed by atoms with Gasteiger partial charge in [0.25, 0.3) is 0 Å². The summed E-state index contributed by atoms with van der Waals surface area (Å²) in [5, 5.41) is 0. The van der Waals surface area contributed by atoms with Crippen LogP contribution in [-0.4, -0.2) is 17.0 Å². The van der Waals surface area contributed by atoms with Gasteiger partial charge >= 0.3 is 0 Å². The third-order valence-corrected chi connectivity index (χ3v) is 2.93. The molecule has 0 atom stereocenters. The normalized spacial score (nSPS) is 10.1. The van der Waals surface area contributed by atoms with Crippen LogP contribution in [0.3, 0.4) is 0 Å². The first-order valence-corrected chi connectivity index (χ1v) is 6.06. The van der Waals surface area contributed by atoms with Crippen molar-refractivity contribution in [2.24, 2.45) is 5.73 Å². The smallest absolute Gasteiger partial charge is 0.133 e. The lowest BCUT2D eigenvalue weighted by atomic mass is 10.2. The molecule has 0 saturated carbocycles. The Balaban J connectivity index is 2.36. The molecule has 0 aliphatic rings. The number of nitrogens with two attached hydrogens (primary N) is 1. The van der Waals surface area contributed by atoms with Crippen LogP contribution in [0.25, 0.3) is 0 Å². The Morgan fingerprint density at radius 1 is 1.22 bits per heavy atom. The van der Waals surface area contributed by atoms with E-state index >= 15 is 0 Å². The van der Waals surface area contributed by atoms with Crippen molar-refractivity contribution in [2.45, 2.75) is 6.92 Å². The average molecular weight is 257 g/mol. The Labute approximate surface area is 112 Å². The van der Waals surface area contributed by atoms with E-state index in [4.69, 9.17) is 18.0 Å². The third kappa shape index (κ3) is 2.65. The number of anilines is 2. The molecule has 0 radical (unpaired) electrons. The van der Waals surface area contributed by atoms with Gasteiger partial charge in [0.15, 0.2) is 0 Å². The van der Waals surface area contributed by atoms with E-state index in [9.17, 15) is 0 Å². The molecule has 0 spiro atoms. The van der Waals surface area contributed by atoms with E-state index < -0.39 is 0 Å². The Bertz CT molecular complexity index is 581. The molecule has 0 amide bonds. The topological polar surface area (TPSA) is 42.1 Å². The van der Waals surface area contributed by atoms with Crippen LogP contribution in [0.2, 0.25) is 0 Å². The van der Waals surface area contributed by atoms with E-state index in [2.05, 4.69) is 24.0 Å². The SMILES string of the molecule is Cc1cccc(N(C)c2cccc(C(N)=S)n2)c1. The molecule has 0 aliphatic heterocycles. The lowest BCUT2D eigenvalue weighted by Gasteiger charge is -2.19. The second-order valence-corrected chi connectivity index (χ2v) is 4.58. The molecule has 0 saturated heterocycles. The number of hydrogen-bond acceptors (Lipinski definition) is 3. The zero-order valence-corrected chi connectivity index (χ0v) is 11.2. The molecule has 1 aromatic carbocycles. The molecule has 3 nitrogen and oxygen atoms in total. The van der Waals surface area contributed by atoms with Gasteiger partial charge in [0.1, 0.15) is 10.8 Å². The van der Waals surface area contributed by atoms with Crippen LogP contribution in [0.5, 0.6) is 0 Å². The highest BCUT2D eigenvalue weighted by Gasteiger charge is 2.07. The minimum Gasteiger partial charge on any atom is -0.388 e. The lowest BCUT2D eigenvalue weighted by molar-refractivity contribution is 1.12. The summed E-state index contributed by atoms with van der Waals surface area (Å²) in [4.78, 5) is 6.76. The standard InChI is InChI=1S/C14H15N3S/c1-10-5-3-6-11(9-10)17(2)13-8-4-7-12(16-13)14(15)18/h3-9H,1-2H3,(H2,15,18). The largest absolute Gasteiger partial charge is 0.388 e. The molecular weight excluding hydrogens is 242 g/mol. The Kier molecular flexibility index (Phi) is 3.58. The van der Waals surface area contributed by atoms with Gasteiger partial charge in [-0.1, -0.05) is 30.4 Å². The molecule has 0 unspecified atom stereocenters. The number of rotatable bonds is 3. The van der Waals surface area contributed by atoms with Crippen molar-refractivity contribution in [1.82, 2.24) is 4.98 Å². The molecule has 2 rings (SSSR count). The Morgan fingerprint density at radius 2 is 1.94 bits per heavy atom. The molecule has 2 aromatic rings. The molecule has 0 fully saturated rings. The summed E-state index contributed by atoms with van der Waals surface area (Å²) in [6.45, 7) is 2.07. The predicted octanol–water partition coefficient (Wildman–Crippen LogP) is 2.79. The molecule has 0 aliphatic carbocycles. The van der Waals surface area contributed by atoms with Crippen molar-refractivity contribution in [3.63, 3.8) is 0 Å². The number of aromatic nitrogens is 1. The van der Waals surface area contributed by atoms with Crippen molar-refractivity contribution in [2.75, 3.05) is 11.9 Å². The van der Waals surface area contributed by atoms with Gasteiger partial charge in [-0.2, -0.15) is 0 Å². The molecule has 18 heavy (non-hydrogen) atoms. The van der Waals surface area contributed by atoms with Crippen LogP contribution in [-0.2, 0) is 0 Å². The van der Waals surface area contributed by atoms with Gasteiger partial charge in [-0.05, 0) is 36.8 Å². The Hall–Kier alpha value is -1.94. The number of nitrogens with zero attached hydrogens (tertiary/aromatic N) is 2. The van der Waals surface area contributed by atoms with Crippen LogP contribution in [0.15, 0.2) is 42.5 Å². The summed E-state index contributed by atoms with van der Waals surface area (Å²) >= 11 is 4.94. The summed E-state index contributed by atoms with van der Waals surface area (Å²) in [6.07, 6.45) is 0. The van der Waals surface area contributed by atoms with Crippen molar-refractivity contribution >= 4 is 28.7 Å². The Morgan fingerprint density at radius 3 is 2.61 bits per heavy atom. The number of aryl methyl sites for hydroxylation is 1. The second-order valence-electron chi connectivity index (χ2n) is 4.14. The van der Waals surface area contributed by atoms with Crippen molar-refractivity contribution in [3.05, 3.63) is 53.7 Å². The zero-order chi connectivity index (χ0) is 13.1. The summed E-state index contributed by atoms with van der Waals surface area (Å²) in [5.74, 6) is 0.825. The van der Waals surface area contributed by atoms with E-state index in [0.717, 1.165) is 11.5 Å². The average Bonchev–Trinajstić information content (AvgIpc) is 2.38. The molecule has 0 bridgehead atoms. The quantitative estimate of drug-likeness (QED) is 0.859. The maximum Gasteiger partial charge on any atom is 0.133 e. The number of thiocarbonyl (C=S) groups is 1. The summed E-state index contributed by atoms with van der Waals surface area (Å²) < 4.78 is 0. The molecule has 92 valence electrons. The van der Waals surface area contributed by atoms with E-state index in [-0.39, 0.29) is 0 Å². The maximum absolute atomic E-state index is 5.60. The summed E-state index contributed by atoms with van der Waals surface area (Å²) in [5.41, 5.74) is 8.54. The van der Waals surface area contributed by atoms with Crippen LogP contribution < -0.4 is 10.6 Å². The van der Waals surface area contributed by atoms with Gasteiger partial charge in [-0.15, -0.1) is 0 Å². The van der Waals surface area contributed by atoms with E-state index in [1.165, 1.54) is 5.56 Å². The first-order valence-electron chi connectivity index (χ1n) is 5.65. The third-order valence-electron chi connectivity index (χ3n) is 2.72. The number of pyridine rings is 1. The van der Waals surface area contributed by atoms with E-state index in [1.54, 1.807) is 0 Å². The highest BCUT2D eigenvalue weighted by molar-refractivity contribution is 7.80. The molecule has 2 N–H and O–H groups in total. The highest BCUT2D eigenvalue weighted by atomic mass is 32.1. The van der Waals surface area contributed by atoms with Gasteiger partial charge in [0.2, 0.25) is 0 Å². The van der Waals surface area contributed by atoms with Crippen LogP contribution in [0, 0.1) is 6.92 Å². The minimum absolute atomic E-state index is 0.314. The fourth-order valence-corrected chi connectivity index (χ4v) is 1.83. The van der Waals surface area contributed by atoms with Gasteiger partial charge in [-0.3, -0.25) is 0 Å². The molecular formula is C14H15N3S. The number of hydrogen-bond donors (Lipinski definition) is 1. The fourth-order valence-electron chi connectivity index (χ4n) is 1.72. The van der Waals surface area contributed by atoms with Gasteiger partial charge in [0.05, 0.1) is 5.69 Å². The first kappa shape index (κ1) is 12.5. The maximum atomic E-state index is 5.60. The fraction of sp³-hybridized carbons (Fsp3) is 0.143. The minimum atomic E-state index is 0.314. The van der Waals surface area contributed by atoms with Crippen LogP contribution in [0.1, 0.15) is 11.3 Å². The first-order chi connectivity index (χ1) is 8.58. The lowest BCUT2D eigenvalue weighted by Crippen LogP contribution is -2.16. The zero-order valence-electron chi connectivity index (χ0n) is 10.4. The number of benzene rings is 1. The van der Waals surface area contributed by atoms with Crippen molar-refractivity contribution < 1.29 is 0 Å². The van der Waals surface area contributed by atoms with Crippen molar-refractivity contribution in [1.29, 1.82) is 0 Å². The van der Waals surface area contributed by atoms with E-state index in [0.29, 0.717) is 10.7 Å². The van der Waals surface area contributed by atoms with E-state index in [1.807, 2.05) is 42.3 Å². The van der Waals surface area contributed by atoms with Crippen LogP contribution >= 0.6 is 12.2 Å². The highest BCUT2D eigenvalue weighted by Crippen LogP contribution is 2.22. The summed E-state index contributed by atoms with van der Waals surface area (Å²) in [7, 11) is 1.97.